The van der Waals surface area contributed by atoms with Gasteiger partial charge in [-0.1, -0.05) is 31.4 Å². The van der Waals surface area contributed by atoms with E-state index in [1.54, 1.807) is 49.4 Å². The van der Waals surface area contributed by atoms with Gasteiger partial charge in [-0.3, -0.25) is 0 Å². The number of rotatable bonds is 8. The summed E-state index contributed by atoms with van der Waals surface area (Å²) in [6.07, 6.45) is 0. The lowest BCUT2D eigenvalue weighted by molar-refractivity contribution is -0.150. The van der Waals surface area contributed by atoms with Gasteiger partial charge in [0.1, 0.15) is 5.75 Å². The van der Waals surface area contributed by atoms with E-state index in [1.165, 1.54) is 14.0 Å². The van der Waals surface area contributed by atoms with Crippen molar-refractivity contribution in [3.63, 3.8) is 0 Å². The van der Waals surface area contributed by atoms with Crippen molar-refractivity contribution in [2.45, 2.75) is 13.8 Å². The molecule has 0 spiro atoms. The lowest BCUT2D eigenvalue weighted by atomic mass is 10.0. The van der Waals surface area contributed by atoms with Gasteiger partial charge in [0.15, 0.2) is 18.1 Å². The van der Waals surface area contributed by atoms with E-state index in [-0.39, 0.29) is 11.3 Å². The minimum Gasteiger partial charge on any atom is -0.493 e. The molecule has 0 amide bonds. The molecule has 0 N–H and O–H groups in total. The first-order chi connectivity index (χ1) is 14.2. The highest BCUT2D eigenvalue weighted by Gasteiger charge is 2.14. The van der Waals surface area contributed by atoms with Crippen LogP contribution in [0.5, 0.6) is 17.2 Å². The molecule has 0 atom stereocenters. The number of ether oxygens (including phenoxy) is 4. The maximum atomic E-state index is 11.9. The normalized spacial score (nSPS) is 9.97. The van der Waals surface area contributed by atoms with Crippen molar-refractivity contribution >= 4 is 17.9 Å². The summed E-state index contributed by atoms with van der Waals surface area (Å²) in [4.78, 5) is 34.8. The van der Waals surface area contributed by atoms with Gasteiger partial charge in [0.2, 0.25) is 0 Å². The molecule has 0 radical (unpaired) electrons. The van der Waals surface area contributed by atoms with Crippen molar-refractivity contribution < 1.29 is 33.3 Å². The Morgan fingerprint density at radius 1 is 0.800 bits per heavy atom. The fourth-order valence-corrected chi connectivity index (χ4v) is 2.24. The molecule has 0 saturated carbocycles. The molecule has 0 unspecified atom stereocenters. The third-order valence-corrected chi connectivity index (χ3v) is 3.80. The second-order valence-electron chi connectivity index (χ2n) is 6.39. The van der Waals surface area contributed by atoms with E-state index in [4.69, 9.17) is 18.9 Å². The third-order valence-electron chi connectivity index (χ3n) is 3.80. The molecule has 156 valence electrons. The van der Waals surface area contributed by atoms with Gasteiger partial charge in [-0.05, 0) is 49.2 Å². The first-order valence-electron chi connectivity index (χ1n) is 8.90. The number of hydrogen-bond acceptors (Lipinski definition) is 7. The zero-order valence-corrected chi connectivity index (χ0v) is 17.0. The lowest BCUT2D eigenvalue weighted by Crippen LogP contribution is -2.19. The van der Waals surface area contributed by atoms with Crippen LogP contribution in [0.2, 0.25) is 0 Å². The monoisotopic (exact) mass is 410 g/mol. The summed E-state index contributed by atoms with van der Waals surface area (Å²) in [7, 11) is 1.44. The maximum Gasteiger partial charge on any atom is 0.349 e. The molecule has 0 aromatic heterocycles. The number of methoxy groups -OCH3 is 1. The summed E-state index contributed by atoms with van der Waals surface area (Å²) in [6.45, 7) is 9.48. The van der Waals surface area contributed by atoms with Crippen LogP contribution >= 0.6 is 0 Å². The molecular weight excluding hydrogens is 388 g/mol. The van der Waals surface area contributed by atoms with Crippen LogP contribution in [-0.2, 0) is 19.1 Å². The van der Waals surface area contributed by atoms with Crippen molar-refractivity contribution in [2.24, 2.45) is 0 Å². The minimum absolute atomic E-state index is 0.185. The molecule has 30 heavy (non-hydrogen) atoms. The number of carbonyl (C=O) groups excluding carboxylic acids is 3. The fraction of sp³-hybridized carbons (Fsp3) is 0.174. The summed E-state index contributed by atoms with van der Waals surface area (Å²) < 4.78 is 20.4. The summed E-state index contributed by atoms with van der Waals surface area (Å²) >= 11 is 0. The highest BCUT2D eigenvalue weighted by molar-refractivity contribution is 5.89. The second kappa shape index (κ2) is 10.1. The topological polar surface area (TPSA) is 88.1 Å². The average molecular weight is 410 g/mol. The standard InChI is InChI=1S/C23H22O7/c1-14(2)22(25)28-13-21(24)30-19-11-8-17(12-20(19)27-5)16-6-9-18(10-7-16)29-23(26)15(3)4/h6-12H,1,3,13H2,2,4-5H3. The highest BCUT2D eigenvalue weighted by Crippen LogP contribution is 2.33. The van der Waals surface area contributed by atoms with Crippen molar-refractivity contribution in [1.29, 1.82) is 0 Å². The molecule has 0 saturated heterocycles. The van der Waals surface area contributed by atoms with E-state index in [9.17, 15) is 14.4 Å². The molecule has 2 aromatic carbocycles. The Balaban J connectivity index is 2.10. The molecule has 0 aliphatic heterocycles. The van der Waals surface area contributed by atoms with E-state index in [1.807, 2.05) is 0 Å². The molecule has 0 aliphatic rings. The van der Waals surface area contributed by atoms with Gasteiger partial charge in [-0.25, -0.2) is 14.4 Å². The summed E-state index contributed by atoms with van der Waals surface area (Å²) in [5.41, 5.74) is 2.11. The van der Waals surface area contributed by atoms with Gasteiger partial charge in [0.25, 0.3) is 0 Å². The van der Waals surface area contributed by atoms with Gasteiger partial charge >= 0.3 is 17.9 Å². The molecule has 2 aromatic rings. The van der Waals surface area contributed by atoms with E-state index in [2.05, 4.69) is 13.2 Å². The van der Waals surface area contributed by atoms with E-state index >= 15 is 0 Å². The summed E-state index contributed by atoms with van der Waals surface area (Å²) in [5.74, 6) is -1.02. The number of hydrogen-bond donors (Lipinski definition) is 0. The largest absolute Gasteiger partial charge is 0.493 e. The lowest BCUT2D eigenvalue weighted by Gasteiger charge is -2.12. The molecule has 2 rings (SSSR count). The van der Waals surface area contributed by atoms with Crippen LogP contribution in [0.4, 0.5) is 0 Å². The Hall–Kier alpha value is -3.87. The maximum absolute atomic E-state index is 11.9. The molecule has 7 heteroatoms. The van der Waals surface area contributed by atoms with Crippen molar-refractivity contribution in [3.8, 4) is 28.4 Å². The van der Waals surface area contributed by atoms with E-state index < -0.39 is 24.5 Å². The van der Waals surface area contributed by atoms with E-state index in [0.29, 0.717) is 17.1 Å². The highest BCUT2D eigenvalue weighted by atomic mass is 16.6. The Morgan fingerprint density at radius 2 is 1.40 bits per heavy atom. The summed E-state index contributed by atoms with van der Waals surface area (Å²) in [5, 5.41) is 0. The van der Waals surface area contributed by atoms with Crippen molar-refractivity contribution in [2.75, 3.05) is 13.7 Å². The molecule has 0 bridgehead atoms. The smallest absolute Gasteiger partial charge is 0.349 e. The Kier molecular flexibility index (Phi) is 7.52. The van der Waals surface area contributed by atoms with Crippen LogP contribution in [0, 0.1) is 0 Å². The number of esters is 3. The average Bonchev–Trinajstić information content (AvgIpc) is 2.72. The fourth-order valence-electron chi connectivity index (χ4n) is 2.24. The van der Waals surface area contributed by atoms with Crippen LogP contribution in [0.25, 0.3) is 11.1 Å². The SMILES string of the molecule is C=C(C)C(=O)OCC(=O)Oc1ccc(-c2ccc(OC(=O)C(=C)C)cc2)cc1OC. The third kappa shape index (κ3) is 6.07. The van der Waals surface area contributed by atoms with Gasteiger partial charge in [-0.15, -0.1) is 0 Å². The van der Waals surface area contributed by atoms with Gasteiger partial charge in [-0.2, -0.15) is 0 Å². The Bertz CT molecular complexity index is 987. The zero-order valence-electron chi connectivity index (χ0n) is 17.0. The van der Waals surface area contributed by atoms with Crippen LogP contribution in [0.15, 0.2) is 66.8 Å². The molecular formula is C23H22O7. The molecule has 7 nitrogen and oxygen atoms in total. The molecule has 0 heterocycles. The van der Waals surface area contributed by atoms with Crippen LogP contribution in [0.1, 0.15) is 13.8 Å². The predicted molar refractivity (Wildman–Crippen MR) is 110 cm³/mol. The van der Waals surface area contributed by atoms with Crippen LogP contribution in [0.3, 0.4) is 0 Å². The zero-order chi connectivity index (χ0) is 22.3. The predicted octanol–water partition coefficient (Wildman–Crippen LogP) is 3.87. The Labute approximate surface area is 174 Å². The van der Waals surface area contributed by atoms with Crippen molar-refractivity contribution in [1.82, 2.24) is 0 Å². The van der Waals surface area contributed by atoms with E-state index in [0.717, 1.165) is 11.1 Å². The van der Waals surface area contributed by atoms with Gasteiger partial charge in [0.05, 0.1) is 7.11 Å². The second-order valence-corrected chi connectivity index (χ2v) is 6.39. The van der Waals surface area contributed by atoms with Gasteiger partial charge in [0, 0.05) is 11.1 Å². The van der Waals surface area contributed by atoms with Gasteiger partial charge < -0.3 is 18.9 Å². The minimum atomic E-state index is -0.751. The first kappa shape index (κ1) is 22.4. The first-order valence-corrected chi connectivity index (χ1v) is 8.90. The number of benzene rings is 2. The summed E-state index contributed by atoms with van der Waals surface area (Å²) in [6, 6.07) is 11.9. The number of carbonyl (C=O) groups is 3. The Morgan fingerprint density at radius 3 is 1.97 bits per heavy atom. The molecule has 0 fully saturated rings. The molecule has 0 aliphatic carbocycles. The van der Waals surface area contributed by atoms with Crippen LogP contribution < -0.4 is 14.2 Å². The quantitative estimate of drug-likeness (QED) is 0.371. The van der Waals surface area contributed by atoms with Crippen LogP contribution in [-0.4, -0.2) is 31.6 Å². The van der Waals surface area contributed by atoms with Crippen molar-refractivity contribution in [3.05, 3.63) is 66.8 Å².